The number of aliphatic hydroxyl groups is 1. The molecule has 0 aliphatic rings. The molecule has 1 aromatic carbocycles. The molecule has 16 heavy (non-hydrogen) atoms. The van der Waals surface area contributed by atoms with E-state index in [1.165, 1.54) is 19.1 Å². The van der Waals surface area contributed by atoms with Crippen LogP contribution < -0.4 is 0 Å². The summed E-state index contributed by atoms with van der Waals surface area (Å²) in [5.41, 5.74) is 0.378. The molecular formula is C10H12Cl2O3S. The first-order valence-corrected chi connectivity index (χ1v) is 7.27. The largest absolute Gasteiger partial charge is 0.387 e. The van der Waals surface area contributed by atoms with E-state index in [0.717, 1.165) is 0 Å². The SMILES string of the molecule is CCS(=O)(=O)CC(O)c1ccc(Cl)cc1Cl. The molecule has 1 unspecified atom stereocenters. The average Bonchev–Trinajstić information content (AvgIpc) is 2.16. The molecule has 1 aromatic rings. The number of sulfone groups is 1. The molecule has 1 rings (SSSR count). The Morgan fingerprint density at radius 2 is 2.00 bits per heavy atom. The van der Waals surface area contributed by atoms with E-state index in [-0.39, 0.29) is 16.5 Å². The molecule has 0 spiro atoms. The lowest BCUT2D eigenvalue weighted by Crippen LogP contribution is -2.16. The van der Waals surface area contributed by atoms with Crippen LogP contribution in [0.15, 0.2) is 18.2 Å². The topological polar surface area (TPSA) is 54.4 Å². The van der Waals surface area contributed by atoms with Gasteiger partial charge < -0.3 is 5.11 Å². The van der Waals surface area contributed by atoms with Crippen LogP contribution in [-0.4, -0.2) is 25.0 Å². The second-order valence-electron chi connectivity index (χ2n) is 3.38. The van der Waals surface area contributed by atoms with Gasteiger partial charge in [0.1, 0.15) is 0 Å². The van der Waals surface area contributed by atoms with Crippen LogP contribution in [0.3, 0.4) is 0 Å². The summed E-state index contributed by atoms with van der Waals surface area (Å²) in [6.45, 7) is 1.53. The first-order chi connectivity index (χ1) is 7.35. The number of hydrogen-bond acceptors (Lipinski definition) is 3. The van der Waals surface area contributed by atoms with Crippen molar-refractivity contribution in [1.29, 1.82) is 0 Å². The minimum Gasteiger partial charge on any atom is -0.387 e. The third kappa shape index (κ3) is 3.63. The number of hydrogen-bond donors (Lipinski definition) is 1. The van der Waals surface area contributed by atoms with Crippen LogP contribution in [0.25, 0.3) is 0 Å². The Bertz CT molecular complexity index is 471. The highest BCUT2D eigenvalue weighted by atomic mass is 35.5. The number of halogens is 2. The highest BCUT2D eigenvalue weighted by Gasteiger charge is 2.19. The maximum absolute atomic E-state index is 11.3. The van der Waals surface area contributed by atoms with Crippen LogP contribution in [0.2, 0.25) is 10.0 Å². The highest BCUT2D eigenvalue weighted by molar-refractivity contribution is 7.91. The van der Waals surface area contributed by atoms with Crippen LogP contribution in [0, 0.1) is 0 Å². The van der Waals surface area contributed by atoms with Gasteiger partial charge in [-0.3, -0.25) is 0 Å². The smallest absolute Gasteiger partial charge is 0.152 e. The Morgan fingerprint density at radius 3 is 2.50 bits per heavy atom. The molecule has 0 radical (unpaired) electrons. The molecule has 0 aliphatic heterocycles. The zero-order valence-corrected chi connectivity index (χ0v) is 11.0. The zero-order chi connectivity index (χ0) is 12.3. The van der Waals surface area contributed by atoms with Crippen molar-refractivity contribution in [2.24, 2.45) is 0 Å². The van der Waals surface area contributed by atoms with Gasteiger partial charge in [-0.05, 0) is 12.1 Å². The van der Waals surface area contributed by atoms with E-state index in [9.17, 15) is 13.5 Å². The average molecular weight is 283 g/mol. The second kappa shape index (κ2) is 5.36. The molecule has 0 saturated carbocycles. The third-order valence-corrected chi connectivity index (χ3v) is 4.44. The molecule has 90 valence electrons. The molecular weight excluding hydrogens is 271 g/mol. The first-order valence-electron chi connectivity index (χ1n) is 4.69. The van der Waals surface area contributed by atoms with E-state index < -0.39 is 15.9 Å². The molecule has 1 N–H and O–H groups in total. The third-order valence-electron chi connectivity index (χ3n) is 2.17. The van der Waals surface area contributed by atoms with E-state index in [2.05, 4.69) is 0 Å². The van der Waals surface area contributed by atoms with Crippen LogP contribution in [-0.2, 0) is 9.84 Å². The van der Waals surface area contributed by atoms with E-state index >= 15 is 0 Å². The fraction of sp³-hybridized carbons (Fsp3) is 0.400. The second-order valence-corrected chi connectivity index (χ2v) is 6.62. The Balaban J connectivity index is 2.93. The van der Waals surface area contributed by atoms with Crippen LogP contribution in [0.5, 0.6) is 0 Å². The van der Waals surface area contributed by atoms with Gasteiger partial charge in [-0.1, -0.05) is 36.2 Å². The van der Waals surface area contributed by atoms with Crippen molar-refractivity contribution in [1.82, 2.24) is 0 Å². The van der Waals surface area contributed by atoms with E-state index in [0.29, 0.717) is 10.6 Å². The molecule has 0 fully saturated rings. The number of benzene rings is 1. The van der Waals surface area contributed by atoms with Gasteiger partial charge in [0, 0.05) is 21.4 Å². The van der Waals surface area contributed by atoms with Crippen LogP contribution >= 0.6 is 23.2 Å². The summed E-state index contributed by atoms with van der Waals surface area (Å²) in [6, 6.07) is 4.56. The van der Waals surface area contributed by atoms with E-state index in [1.807, 2.05) is 0 Å². The van der Waals surface area contributed by atoms with Crippen molar-refractivity contribution in [2.75, 3.05) is 11.5 Å². The van der Waals surface area contributed by atoms with Gasteiger partial charge in [-0.2, -0.15) is 0 Å². The van der Waals surface area contributed by atoms with Gasteiger partial charge in [0.25, 0.3) is 0 Å². The van der Waals surface area contributed by atoms with Gasteiger partial charge in [-0.25, -0.2) is 8.42 Å². The van der Waals surface area contributed by atoms with E-state index in [4.69, 9.17) is 23.2 Å². The maximum Gasteiger partial charge on any atom is 0.152 e. The van der Waals surface area contributed by atoms with Crippen molar-refractivity contribution < 1.29 is 13.5 Å². The summed E-state index contributed by atoms with van der Waals surface area (Å²) < 4.78 is 22.7. The molecule has 0 aromatic heterocycles. The lowest BCUT2D eigenvalue weighted by molar-refractivity contribution is 0.202. The van der Waals surface area contributed by atoms with Gasteiger partial charge in [0.2, 0.25) is 0 Å². The molecule has 0 heterocycles. The summed E-state index contributed by atoms with van der Waals surface area (Å²) in [5.74, 6) is -0.333. The highest BCUT2D eigenvalue weighted by Crippen LogP contribution is 2.27. The fourth-order valence-corrected chi connectivity index (χ4v) is 2.65. The predicted molar refractivity (Wildman–Crippen MR) is 65.7 cm³/mol. The van der Waals surface area contributed by atoms with Gasteiger partial charge in [0.15, 0.2) is 9.84 Å². The molecule has 6 heteroatoms. The Hall–Kier alpha value is -0.290. The predicted octanol–water partition coefficient (Wildman–Crippen LogP) is 2.46. The Morgan fingerprint density at radius 1 is 1.38 bits per heavy atom. The summed E-state index contributed by atoms with van der Waals surface area (Å²) >= 11 is 11.6. The molecule has 3 nitrogen and oxygen atoms in total. The molecule has 0 bridgehead atoms. The van der Waals surface area contributed by atoms with Gasteiger partial charge >= 0.3 is 0 Å². The van der Waals surface area contributed by atoms with E-state index in [1.54, 1.807) is 6.07 Å². The van der Waals surface area contributed by atoms with Crippen molar-refractivity contribution >= 4 is 33.0 Å². The molecule has 1 atom stereocenters. The maximum atomic E-state index is 11.3. The number of rotatable bonds is 4. The summed E-state index contributed by atoms with van der Waals surface area (Å²) in [5, 5.41) is 10.5. The van der Waals surface area contributed by atoms with Crippen molar-refractivity contribution in [3.8, 4) is 0 Å². The van der Waals surface area contributed by atoms with Crippen molar-refractivity contribution in [2.45, 2.75) is 13.0 Å². The summed E-state index contributed by atoms with van der Waals surface area (Å²) in [7, 11) is -3.24. The number of aliphatic hydroxyl groups excluding tert-OH is 1. The van der Waals surface area contributed by atoms with Crippen molar-refractivity contribution in [3.05, 3.63) is 33.8 Å². The summed E-state index contributed by atoms with van der Waals surface area (Å²) in [6.07, 6.45) is -1.12. The minimum absolute atomic E-state index is 0.00469. The van der Waals surface area contributed by atoms with Crippen LogP contribution in [0.1, 0.15) is 18.6 Å². The Labute approximate surface area is 105 Å². The Kier molecular flexibility index (Phi) is 4.62. The minimum atomic E-state index is -3.24. The lowest BCUT2D eigenvalue weighted by Gasteiger charge is -2.12. The van der Waals surface area contributed by atoms with Gasteiger partial charge in [-0.15, -0.1) is 0 Å². The lowest BCUT2D eigenvalue weighted by atomic mass is 10.1. The monoisotopic (exact) mass is 282 g/mol. The van der Waals surface area contributed by atoms with Crippen LogP contribution in [0.4, 0.5) is 0 Å². The zero-order valence-electron chi connectivity index (χ0n) is 8.65. The fourth-order valence-electron chi connectivity index (χ4n) is 1.22. The molecule has 0 saturated heterocycles. The van der Waals surface area contributed by atoms with Crippen molar-refractivity contribution in [3.63, 3.8) is 0 Å². The standard InChI is InChI=1S/C10H12Cl2O3S/c1-2-16(14,15)6-10(13)8-4-3-7(11)5-9(8)12/h3-5,10,13H,2,6H2,1H3. The normalized spacial score (nSPS) is 13.8. The molecule has 0 aliphatic carbocycles. The van der Waals surface area contributed by atoms with Gasteiger partial charge in [0.05, 0.1) is 11.9 Å². The first kappa shape index (κ1) is 13.8. The quantitative estimate of drug-likeness (QED) is 0.923. The molecule has 0 amide bonds. The summed E-state index contributed by atoms with van der Waals surface area (Å²) in [4.78, 5) is 0.